The average Bonchev–Trinajstić information content (AvgIpc) is 2.46. The minimum absolute atomic E-state index is 0.113. The Balaban J connectivity index is 2.29. The number of aliphatic hydroxyl groups excluding tert-OH is 1. The van der Waals surface area contributed by atoms with Gasteiger partial charge in [0.2, 0.25) is 0 Å². The molecule has 0 saturated carbocycles. The standard InChI is InChI=1S/C14H16ClNO4/c1-2-3-16(4-5-17)14(18)10-8-11(15)13-12(9-10)19-6-7-20-13/h2,8-9,17H,1,3-7H2. The van der Waals surface area contributed by atoms with E-state index in [9.17, 15) is 4.79 Å². The van der Waals surface area contributed by atoms with Gasteiger partial charge >= 0.3 is 0 Å². The van der Waals surface area contributed by atoms with Crippen LogP contribution >= 0.6 is 11.6 Å². The van der Waals surface area contributed by atoms with Gasteiger partial charge in [-0.25, -0.2) is 0 Å². The van der Waals surface area contributed by atoms with Crippen LogP contribution in [0.15, 0.2) is 24.8 Å². The third-order valence-electron chi connectivity index (χ3n) is 2.85. The summed E-state index contributed by atoms with van der Waals surface area (Å²) in [7, 11) is 0. The van der Waals surface area contributed by atoms with Gasteiger partial charge in [-0.3, -0.25) is 4.79 Å². The summed E-state index contributed by atoms with van der Waals surface area (Å²) in [5.41, 5.74) is 0.398. The predicted octanol–water partition coefficient (Wildman–Crippen LogP) is 1.73. The first kappa shape index (κ1) is 14.7. The van der Waals surface area contributed by atoms with Crippen LogP contribution in [0.3, 0.4) is 0 Å². The summed E-state index contributed by atoms with van der Waals surface area (Å²) in [4.78, 5) is 13.9. The molecule has 0 unspecified atom stereocenters. The summed E-state index contributed by atoms with van der Waals surface area (Å²) in [6, 6.07) is 3.15. The number of carbonyl (C=O) groups excluding carboxylic acids is 1. The first-order valence-corrected chi connectivity index (χ1v) is 6.65. The van der Waals surface area contributed by atoms with Gasteiger partial charge in [-0.15, -0.1) is 6.58 Å². The smallest absolute Gasteiger partial charge is 0.254 e. The fourth-order valence-corrected chi connectivity index (χ4v) is 2.23. The van der Waals surface area contributed by atoms with Crippen molar-refractivity contribution in [1.82, 2.24) is 4.90 Å². The second-order valence-electron chi connectivity index (χ2n) is 4.25. The Morgan fingerprint density at radius 1 is 1.45 bits per heavy atom. The fraction of sp³-hybridized carbons (Fsp3) is 0.357. The Kier molecular flexibility index (Phi) is 4.87. The van der Waals surface area contributed by atoms with Crippen LogP contribution in [0, 0.1) is 0 Å². The Bertz CT molecular complexity index is 518. The quantitative estimate of drug-likeness (QED) is 0.841. The summed E-state index contributed by atoms with van der Waals surface area (Å²) in [5, 5.41) is 9.35. The second kappa shape index (κ2) is 6.63. The molecule has 1 aliphatic rings. The summed E-state index contributed by atoms with van der Waals surface area (Å²) in [5.74, 6) is 0.694. The molecule has 108 valence electrons. The van der Waals surface area contributed by atoms with Crippen LogP contribution in [0.1, 0.15) is 10.4 Å². The maximum Gasteiger partial charge on any atom is 0.254 e. The highest BCUT2D eigenvalue weighted by atomic mass is 35.5. The number of aliphatic hydroxyl groups is 1. The number of nitrogens with zero attached hydrogens (tertiary/aromatic N) is 1. The zero-order valence-corrected chi connectivity index (χ0v) is 11.7. The summed E-state index contributed by atoms with van der Waals surface area (Å²) in [6.07, 6.45) is 1.60. The molecule has 2 rings (SSSR count). The number of halogens is 1. The first-order chi connectivity index (χ1) is 9.67. The van der Waals surface area contributed by atoms with E-state index in [1.165, 1.54) is 4.90 Å². The van der Waals surface area contributed by atoms with Gasteiger partial charge in [0.1, 0.15) is 13.2 Å². The van der Waals surface area contributed by atoms with Crippen molar-refractivity contribution in [2.75, 3.05) is 32.9 Å². The van der Waals surface area contributed by atoms with Crippen LogP contribution in [-0.4, -0.2) is 48.8 Å². The van der Waals surface area contributed by atoms with E-state index >= 15 is 0 Å². The van der Waals surface area contributed by atoms with Gasteiger partial charge < -0.3 is 19.5 Å². The predicted molar refractivity (Wildman–Crippen MR) is 75.6 cm³/mol. The molecule has 0 spiro atoms. The molecule has 6 heteroatoms. The number of hydrogen-bond acceptors (Lipinski definition) is 4. The van der Waals surface area contributed by atoms with E-state index in [2.05, 4.69) is 6.58 Å². The molecule has 1 amide bonds. The van der Waals surface area contributed by atoms with Crippen molar-refractivity contribution in [3.05, 3.63) is 35.4 Å². The number of fused-ring (bicyclic) bond motifs is 1. The van der Waals surface area contributed by atoms with Crippen LogP contribution in [0.5, 0.6) is 11.5 Å². The summed E-state index contributed by atoms with van der Waals surface area (Å²) < 4.78 is 10.9. The van der Waals surface area contributed by atoms with Crippen LogP contribution in [0.4, 0.5) is 0 Å². The van der Waals surface area contributed by atoms with Gasteiger partial charge in [0.05, 0.1) is 11.6 Å². The van der Waals surface area contributed by atoms with Crippen molar-refractivity contribution >= 4 is 17.5 Å². The monoisotopic (exact) mass is 297 g/mol. The molecular weight excluding hydrogens is 282 g/mol. The molecule has 1 aromatic carbocycles. The molecule has 1 aromatic rings. The Hall–Kier alpha value is -1.72. The maximum absolute atomic E-state index is 12.4. The number of ether oxygens (including phenoxy) is 2. The highest BCUT2D eigenvalue weighted by molar-refractivity contribution is 6.32. The molecule has 0 radical (unpaired) electrons. The number of benzene rings is 1. The molecule has 5 nitrogen and oxygen atoms in total. The Labute approximate surface area is 122 Å². The molecule has 1 heterocycles. The van der Waals surface area contributed by atoms with E-state index in [1.54, 1.807) is 18.2 Å². The molecular formula is C14H16ClNO4. The van der Waals surface area contributed by atoms with Gasteiger partial charge in [0.25, 0.3) is 5.91 Å². The lowest BCUT2D eigenvalue weighted by Gasteiger charge is -2.23. The lowest BCUT2D eigenvalue weighted by Crippen LogP contribution is -2.33. The van der Waals surface area contributed by atoms with E-state index in [1.807, 2.05) is 0 Å². The topological polar surface area (TPSA) is 59.0 Å². The molecule has 0 fully saturated rings. The zero-order valence-electron chi connectivity index (χ0n) is 11.0. The molecule has 0 saturated heterocycles. The van der Waals surface area contributed by atoms with Crippen molar-refractivity contribution in [1.29, 1.82) is 0 Å². The van der Waals surface area contributed by atoms with Crippen LogP contribution in [-0.2, 0) is 0 Å². The summed E-state index contributed by atoms with van der Waals surface area (Å²) in [6.45, 7) is 4.93. The lowest BCUT2D eigenvalue weighted by atomic mass is 10.1. The largest absolute Gasteiger partial charge is 0.486 e. The number of carbonyl (C=O) groups is 1. The van der Waals surface area contributed by atoms with Gasteiger partial charge in [-0.05, 0) is 12.1 Å². The SMILES string of the molecule is C=CCN(CCO)C(=O)c1cc(Cl)c2c(c1)OCCO2. The van der Waals surface area contributed by atoms with Gasteiger partial charge in [-0.2, -0.15) is 0 Å². The first-order valence-electron chi connectivity index (χ1n) is 6.27. The van der Waals surface area contributed by atoms with Crippen molar-refractivity contribution in [2.45, 2.75) is 0 Å². The number of rotatable bonds is 5. The average molecular weight is 298 g/mol. The number of amides is 1. The van der Waals surface area contributed by atoms with Crippen molar-refractivity contribution in [2.24, 2.45) is 0 Å². The van der Waals surface area contributed by atoms with E-state index in [-0.39, 0.29) is 19.1 Å². The summed E-state index contributed by atoms with van der Waals surface area (Å²) >= 11 is 6.10. The van der Waals surface area contributed by atoms with E-state index in [0.717, 1.165) is 0 Å². The minimum Gasteiger partial charge on any atom is -0.486 e. The van der Waals surface area contributed by atoms with Crippen LogP contribution < -0.4 is 9.47 Å². The third-order valence-corrected chi connectivity index (χ3v) is 3.13. The molecule has 0 aromatic heterocycles. The Morgan fingerprint density at radius 2 is 2.20 bits per heavy atom. The molecule has 0 bridgehead atoms. The van der Waals surface area contributed by atoms with Gasteiger partial charge in [0, 0.05) is 18.7 Å². The molecule has 1 N–H and O–H groups in total. The fourth-order valence-electron chi connectivity index (χ4n) is 1.97. The minimum atomic E-state index is -0.238. The molecule has 20 heavy (non-hydrogen) atoms. The maximum atomic E-state index is 12.4. The third kappa shape index (κ3) is 3.05. The van der Waals surface area contributed by atoms with E-state index in [4.69, 9.17) is 26.2 Å². The van der Waals surface area contributed by atoms with Crippen LogP contribution in [0.2, 0.25) is 5.02 Å². The second-order valence-corrected chi connectivity index (χ2v) is 4.65. The normalized spacial score (nSPS) is 12.9. The lowest BCUT2D eigenvalue weighted by molar-refractivity contribution is 0.0741. The van der Waals surface area contributed by atoms with Gasteiger partial charge in [-0.1, -0.05) is 17.7 Å². The van der Waals surface area contributed by atoms with Crippen LogP contribution in [0.25, 0.3) is 0 Å². The highest BCUT2D eigenvalue weighted by Crippen LogP contribution is 2.38. The number of hydrogen-bond donors (Lipinski definition) is 1. The zero-order chi connectivity index (χ0) is 14.5. The van der Waals surface area contributed by atoms with E-state index < -0.39 is 0 Å². The van der Waals surface area contributed by atoms with Crippen molar-refractivity contribution in [3.63, 3.8) is 0 Å². The van der Waals surface area contributed by atoms with Crippen molar-refractivity contribution in [3.8, 4) is 11.5 Å². The molecule has 0 atom stereocenters. The van der Waals surface area contributed by atoms with E-state index in [0.29, 0.717) is 41.8 Å². The Morgan fingerprint density at radius 3 is 2.90 bits per heavy atom. The van der Waals surface area contributed by atoms with Crippen molar-refractivity contribution < 1.29 is 19.4 Å². The molecule has 1 aliphatic heterocycles. The van der Waals surface area contributed by atoms with Gasteiger partial charge in [0.15, 0.2) is 11.5 Å². The molecule has 0 aliphatic carbocycles. The highest BCUT2D eigenvalue weighted by Gasteiger charge is 2.21.